The summed E-state index contributed by atoms with van der Waals surface area (Å²) >= 11 is 7.69. The summed E-state index contributed by atoms with van der Waals surface area (Å²) in [7, 11) is 0. The summed E-state index contributed by atoms with van der Waals surface area (Å²) in [6.07, 6.45) is 1.56. The lowest BCUT2D eigenvalue weighted by Gasteiger charge is -2.11. The molecular formula is C26H26ClN3O3S. The van der Waals surface area contributed by atoms with Crippen LogP contribution in [0.15, 0.2) is 65.8 Å². The van der Waals surface area contributed by atoms with Gasteiger partial charge in [0.2, 0.25) is 0 Å². The Bertz CT molecular complexity index is 1210. The highest BCUT2D eigenvalue weighted by Crippen LogP contribution is 2.22. The number of carbonyl (C=O) groups is 2. The van der Waals surface area contributed by atoms with Gasteiger partial charge in [-0.1, -0.05) is 41.9 Å². The number of hydrogen-bond acceptors (Lipinski definition) is 5. The van der Waals surface area contributed by atoms with Crippen LogP contribution in [0.25, 0.3) is 0 Å². The van der Waals surface area contributed by atoms with E-state index in [-0.39, 0.29) is 18.1 Å². The Morgan fingerprint density at radius 1 is 1.03 bits per heavy atom. The van der Waals surface area contributed by atoms with Gasteiger partial charge in [-0.15, -0.1) is 0 Å². The van der Waals surface area contributed by atoms with Crippen LogP contribution in [0, 0.1) is 13.8 Å². The van der Waals surface area contributed by atoms with E-state index >= 15 is 0 Å². The van der Waals surface area contributed by atoms with Gasteiger partial charge in [0.1, 0.15) is 0 Å². The molecule has 2 amide bonds. The average Bonchev–Trinajstić information content (AvgIpc) is 2.82. The Morgan fingerprint density at radius 3 is 2.62 bits per heavy atom. The zero-order valence-corrected chi connectivity index (χ0v) is 20.5. The number of hydrazone groups is 1. The summed E-state index contributed by atoms with van der Waals surface area (Å²) in [4.78, 5) is 25.7. The van der Waals surface area contributed by atoms with Crippen LogP contribution in [0.2, 0.25) is 5.02 Å². The van der Waals surface area contributed by atoms with Gasteiger partial charge in [-0.3, -0.25) is 9.59 Å². The summed E-state index contributed by atoms with van der Waals surface area (Å²) in [6.45, 7) is 4.15. The van der Waals surface area contributed by atoms with E-state index in [1.54, 1.807) is 48.3 Å². The molecule has 0 aromatic heterocycles. The second-order valence-electron chi connectivity index (χ2n) is 7.66. The molecule has 3 aromatic rings. The smallest absolute Gasteiger partial charge is 0.273 e. The fraction of sp³-hybridized carbons (Fsp3) is 0.192. The molecule has 0 atom stereocenters. The molecule has 6 nitrogen and oxygen atoms in total. The number of thioether (sulfide) groups is 1. The van der Waals surface area contributed by atoms with E-state index in [4.69, 9.17) is 16.7 Å². The van der Waals surface area contributed by atoms with E-state index in [2.05, 4.69) is 15.8 Å². The van der Waals surface area contributed by atoms with Crippen LogP contribution in [-0.4, -0.2) is 35.5 Å². The first-order valence-electron chi connectivity index (χ1n) is 10.7. The average molecular weight is 496 g/mol. The maximum Gasteiger partial charge on any atom is 0.273 e. The predicted octanol–water partition coefficient (Wildman–Crippen LogP) is 5.20. The minimum absolute atomic E-state index is 0.112. The molecule has 3 aromatic carbocycles. The Balaban J connectivity index is 1.72. The van der Waals surface area contributed by atoms with Gasteiger partial charge in [-0.25, -0.2) is 5.43 Å². The molecule has 0 heterocycles. The maximum atomic E-state index is 12.9. The number of anilines is 1. The molecule has 0 saturated heterocycles. The van der Waals surface area contributed by atoms with Gasteiger partial charge in [0.05, 0.1) is 24.1 Å². The van der Waals surface area contributed by atoms with Crippen molar-refractivity contribution in [1.29, 1.82) is 0 Å². The SMILES string of the molecule is Cc1ccc(C=NNC(=O)c2cc(Cl)ccc2NC(=O)c2cccc(CSCCO)c2)cc1C. The van der Waals surface area contributed by atoms with Crippen molar-refractivity contribution in [3.8, 4) is 0 Å². The summed E-state index contributed by atoms with van der Waals surface area (Å²) in [5.41, 5.74) is 7.64. The van der Waals surface area contributed by atoms with Gasteiger partial charge in [0, 0.05) is 22.1 Å². The molecule has 0 aliphatic rings. The Labute approximate surface area is 208 Å². The van der Waals surface area contributed by atoms with E-state index in [9.17, 15) is 9.59 Å². The number of aryl methyl sites for hydroxylation is 2. The number of nitrogens with one attached hydrogen (secondary N) is 2. The van der Waals surface area contributed by atoms with Crippen molar-refractivity contribution < 1.29 is 14.7 Å². The molecule has 0 saturated carbocycles. The van der Waals surface area contributed by atoms with Crippen LogP contribution in [0.5, 0.6) is 0 Å². The van der Waals surface area contributed by atoms with Crippen molar-refractivity contribution in [1.82, 2.24) is 5.43 Å². The zero-order chi connectivity index (χ0) is 24.5. The van der Waals surface area contributed by atoms with Crippen molar-refractivity contribution in [3.63, 3.8) is 0 Å². The number of benzene rings is 3. The highest BCUT2D eigenvalue weighted by Gasteiger charge is 2.15. The van der Waals surface area contributed by atoms with E-state index < -0.39 is 5.91 Å². The molecule has 8 heteroatoms. The van der Waals surface area contributed by atoms with Gasteiger partial charge in [-0.05, 0) is 66.4 Å². The van der Waals surface area contributed by atoms with Crippen LogP contribution in [0.4, 0.5) is 5.69 Å². The third-order valence-electron chi connectivity index (χ3n) is 5.08. The summed E-state index contributed by atoms with van der Waals surface area (Å²) < 4.78 is 0. The van der Waals surface area contributed by atoms with E-state index in [1.165, 1.54) is 11.6 Å². The normalized spacial score (nSPS) is 10.9. The van der Waals surface area contributed by atoms with Crippen molar-refractivity contribution in [3.05, 3.63) is 99.1 Å². The van der Waals surface area contributed by atoms with Crippen molar-refractivity contribution in [2.75, 3.05) is 17.7 Å². The highest BCUT2D eigenvalue weighted by molar-refractivity contribution is 7.98. The van der Waals surface area contributed by atoms with Gasteiger partial charge in [0.15, 0.2) is 0 Å². The number of nitrogens with zero attached hydrogens (tertiary/aromatic N) is 1. The summed E-state index contributed by atoms with van der Waals surface area (Å²) in [5, 5.41) is 16.1. The number of aliphatic hydroxyl groups is 1. The monoisotopic (exact) mass is 495 g/mol. The molecule has 3 rings (SSSR count). The lowest BCUT2D eigenvalue weighted by Crippen LogP contribution is -2.21. The molecule has 0 spiro atoms. The van der Waals surface area contributed by atoms with Gasteiger partial charge in [-0.2, -0.15) is 16.9 Å². The Hall–Kier alpha value is -3.13. The predicted molar refractivity (Wildman–Crippen MR) is 140 cm³/mol. The summed E-state index contributed by atoms with van der Waals surface area (Å²) in [5.74, 6) is 0.483. The minimum atomic E-state index is -0.493. The lowest BCUT2D eigenvalue weighted by molar-refractivity contribution is 0.0956. The Kier molecular flexibility index (Phi) is 9.27. The molecule has 0 radical (unpaired) electrons. The lowest BCUT2D eigenvalue weighted by atomic mass is 10.1. The molecule has 3 N–H and O–H groups in total. The number of amides is 2. The number of hydrogen-bond donors (Lipinski definition) is 3. The first-order valence-corrected chi connectivity index (χ1v) is 12.2. The molecule has 34 heavy (non-hydrogen) atoms. The maximum absolute atomic E-state index is 12.9. The largest absolute Gasteiger partial charge is 0.396 e. The molecule has 0 aliphatic heterocycles. The highest BCUT2D eigenvalue weighted by atomic mass is 35.5. The van der Waals surface area contributed by atoms with Crippen molar-refractivity contribution in [2.45, 2.75) is 19.6 Å². The topological polar surface area (TPSA) is 90.8 Å². The van der Waals surface area contributed by atoms with Crippen LogP contribution >= 0.6 is 23.4 Å². The standard InChI is InChI=1S/C26H26ClN3O3S/c1-17-6-7-19(12-18(17)2)15-28-30-26(33)23-14-22(27)8-9-24(23)29-25(32)21-5-3-4-20(13-21)16-34-11-10-31/h3-9,12-15,31H,10-11,16H2,1-2H3,(H,29,32)(H,30,33). The molecule has 0 aliphatic carbocycles. The molecular weight excluding hydrogens is 470 g/mol. The van der Waals surface area contributed by atoms with Crippen LogP contribution < -0.4 is 10.7 Å². The van der Waals surface area contributed by atoms with Crippen molar-refractivity contribution in [2.24, 2.45) is 5.10 Å². The summed E-state index contributed by atoms with van der Waals surface area (Å²) in [6, 6.07) is 17.8. The third kappa shape index (κ3) is 7.18. The second-order valence-corrected chi connectivity index (χ2v) is 9.21. The van der Waals surface area contributed by atoms with Crippen LogP contribution in [0.1, 0.15) is 43.0 Å². The van der Waals surface area contributed by atoms with Gasteiger partial charge >= 0.3 is 0 Å². The fourth-order valence-corrected chi connectivity index (χ4v) is 4.00. The first-order chi connectivity index (χ1) is 16.4. The molecule has 0 unspecified atom stereocenters. The molecule has 0 bridgehead atoms. The van der Waals surface area contributed by atoms with Crippen LogP contribution in [-0.2, 0) is 5.75 Å². The number of halogens is 1. The molecule has 0 fully saturated rings. The van der Waals surface area contributed by atoms with Gasteiger partial charge < -0.3 is 10.4 Å². The third-order valence-corrected chi connectivity index (χ3v) is 6.32. The van der Waals surface area contributed by atoms with E-state index in [0.29, 0.717) is 27.8 Å². The Morgan fingerprint density at radius 2 is 1.85 bits per heavy atom. The van der Waals surface area contributed by atoms with Crippen LogP contribution in [0.3, 0.4) is 0 Å². The van der Waals surface area contributed by atoms with Gasteiger partial charge in [0.25, 0.3) is 11.8 Å². The van der Waals surface area contributed by atoms with Crippen molar-refractivity contribution >= 4 is 47.1 Å². The number of aliphatic hydroxyl groups excluding tert-OH is 1. The molecule has 176 valence electrons. The van der Waals surface area contributed by atoms with E-state index in [0.717, 1.165) is 16.7 Å². The second kappa shape index (κ2) is 12.4. The quantitative estimate of drug-likeness (QED) is 0.216. The zero-order valence-electron chi connectivity index (χ0n) is 19.0. The fourth-order valence-electron chi connectivity index (χ4n) is 3.14. The minimum Gasteiger partial charge on any atom is -0.396 e. The first kappa shape index (κ1) is 25.5. The number of rotatable bonds is 9. The number of carbonyl (C=O) groups excluding carboxylic acids is 2. The van der Waals surface area contributed by atoms with E-state index in [1.807, 2.05) is 38.1 Å².